The molecule has 0 spiro atoms. The second-order valence-electron chi connectivity index (χ2n) is 5.53. The van der Waals surface area contributed by atoms with Crippen LogP contribution in [0.25, 0.3) is 0 Å². The largest absolute Gasteiger partial charge is 0.485 e. The first-order chi connectivity index (χ1) is 10.6. The molecule has 0 aromatic carbocycles. The zero-order chi connectivity index (χ0) is 15.5. The molecule has 5 nitrogen and oxygen atoms in total. The van der Waals surface area contributed by atoms with Gasteiger partial charge in [0.1, 0.15) is 17.5 Å². The minimum Gasteiger partial charge on any atom is -0.485 e. The molecule has 114 valence electrons. The lowest BCUT2D eigenvalue weighted by Crippen LogP contribution is -2.38. The second kappa shape index (κ2) is 6.23. The third kappa shape index (κ3) is 3.49. The summed E-state index contributed by atoms with van der Waals surface area (Å²) < 4.78 is 10.8. The van der Waals surface area contributed by atoms with Gasteiger partial charge in [-0.2, -0.15) is 0 Å². The molecular weight excluding hydrogens is 280 g/mol. The van der Waals surface area contributed by atoms with Gasteiger partial charge in [0.2, 0.25) is 0 Å². The smallest absolute Gasteiger partial charge is 0.187 e. The lowest BCUT2D eigenvalue weighted by Gasteiger charge is -2.26. The van der Waals surface area contributed by atoms with Crippen LogP contribution in [-0.2, 0) is 11.2 Å². The van der Waals surface area contributed by atoms with Gasteiger partial charge in [-0.15, -0.1) is 0 Å². The van der Waals surface area contributed by atoms with Crippen LogP contribution in [0, 0.1) is 13.8 Å². The number of ether oxygens (including phenoxy) is 2. The summed E-state index contributed by atoms with van der Waals surface area (Å²) in [5, 5.41) is 0. The van der Waals surface area contributed by atoms with E-state index in [-0.39, 0.29) is 18.3 Å². The Bertz CT molecular complexity index is 679. The third-order valence-electron chi connectivity index (χ3n) is 3.44. The molecule has 1 saturated heterocycles. The summed E-state index contributed by atoms with van der Waals surface area (Å²) in [6, 6.07) is 7.34. The Labute approximate surface area is 129 Å². The minimum atomic E-state index is -0.0604. The van der Waals surface area contributed by atoms with Crippen LogP contribution in [0.2, 0.25) is 0 Å². The number of nitrogens with zero attached hydrogens (tertiary/aromatic N) is 2. The van der Waals surface area contributed by atoms with Crippen molar-refractivity contribution in [2.45, 2.75) is 26.4 Å². The standard InChI is InChI=1S/C17H18N2O3/c1-11-3-4-13(18-8-11)6-17(20)16-7-14(5-12(2)19-16)22-15-9-21-10-15/h3-5,7-8,15H,6,9-10H2,1-2H3. The Morgan fingerprint density at radius 2 is 2.14 bits per heavy atom. The summed E-state index contributed by atoms with van der Waals surface area (Å²) in [6.07, 6.45) is 2.07. The number of carbonyl (C=O) groups excluding carboxylic acids is 1. The molecule has 22 heavy (non-hydrogen) atoms. The normalized spacial score (nSPS) is 14.5. The van der Waals surface area contributed by atoms with Gasteiger partial charge in [-0.1, -0.05) is 6.07 Å². The van der Waals surface area contributed by atoms with Crippen LogP contribution in [0.3, 0.4) is 0 Å². The van der Waals surface area contributed by atoms with E-state index >= 15 is 0 Å². The van der Waals surface area contributed by atoms with Gasteiger partial charge in [0, 0.05) is 29.7 Å². The molecule has 5 heteroatoms. The average Bonchev–Trinajstić information content (AvgIpc) is 2.45. The van der Waals surface area contributed by atoms with E-state index in [1.54, 1.807) is 12.3 Å². The first-order valence-corrected chi connectivity index (χ1v) is 7.28. The number of pyridine rings is 2. The molecule has 2 aromatic heterocycles. The van der Waals surface area contributed by atoms with Crippen LogP contribution >= 0.6 is 0 Å². The van der Waals surface area contributed by atoms with Crippen molar-refractivity contribution < 1.29 is 14.3 Å². The molecule has 1 fully saturated rings. The molecule has 3 rings (SSSR count). The van der Waals surface area contributed by atoms with Crippen LogP contribution in [-0.4, -0.2) is 35.1 Å². The highest BCUT2D eigenvalue weighted by Gasteiger charge is 2.21. The van der Waals surface area contributed by atoms with Gasteiger partial charge in [-0.05, 0) is 25.5 Å². The van der Waals surface area contributed by atoms with Gasteiger partial charge in [0.05, 0.1) is 19.6 Å². The Morgan fingerprint density at radius 3 is 2.77 bits per heavy atom. The maximum atomic E-state index is 12.4. The summed E-state index contributed by atoms with van der Waals surface area (Å²) in [4.78, 5) is 21.0. The van der Waals surface area contributed by atoms with Crippen molar-refractivity contribution in [3.63, 3.8) is 0 Å². The highest BCUT2D eigenvalue weighted by atomic mass is 16.6. The maximum Gasteiger partial charge on any atom is 0.187 e. The topological polar surface area (TPSA) is 61.3 Å². The molecule has 0 N–H and O–H groups in total. The van der Waals surface area contributed by atoms with Crippen molar-refractivity contribution in [3.05, 3.63) is 53.1 Å². The number of aromatic nitrogens is 2. The summed E-state index contributed by atoms with van der Waals surface area (Å²) in [5.74, 6) is 0.607. The Hall–Kier alpha value is -2.27. The number of hydrogen-bond acceptors (Lipinski definition) is 5. The number of hydrogen-bond donors (Lipinski definition) is 0. The summed E-state index contributed by atoms with van der Waals surface area (Å²) in [5.41, 5.74) is 2.99. The molecule has 0 unspecified atom stereocenters. The second-order valence-corrected chi connectivity index (χ2v) is 5.53. The van der Waals surface area contributed by atoms with E-state index in [2.05, 4.69) is 9.97 Å². The van der Waals surface area contributed by atoms with Crippen molar-refractivity contribution in [3.8, 4) is 5.75 Å². The van der Waals surface area contributed by atoms with Crippen molar-refractivity contribution >= 4 is 5.78 Å². The van der Waals surface area contributed by atoms with E-state index in [1.165, 1.54) is 0 Å². The van der Waals surface area contributed by atoms with Crippen LogP contribution in [0.15, 0.2) is 30.5 Å². The minimum absolute atomic E-state index is 0.0604. The van der Waals surface area contributed by atoms with Crippen LogP contribution < -0.4 is 4.74 Å². The Morgan fingerprint density at radius 1 is 1.32 bits per heavy atom. The van der Waals surface area contributed by atoms with E-state index in [1.807, 2.05) is 32.0 Å². The summed E-state index contributed by atoms with van der Waals surface area (Å²) in [6.45, 7) is 5.01. The van der Waals surface area contributed by atoms with Crippen LogP contribution in [0.1, 0.15) is 27.4 Å². The van der Waals surface area contributed by atoms with E-state index in [4.69, 9.17) is 9.47 Å². The maximum absolute atomic E-state index is 12.4. The molecule has 3 heterocycles. The van der Waals surface area contributed by atoms with Crippen molar-refractivity contribution in [1.29, 1.82) is 0 Å². The predicted octanol–water partition coefficient (Wildman–Crippen LogP) is 2.30. The molecule has 0 saturated carbocycles. The molecule has 0 bridgehead atoms. The monoisotopic (exact) mass is 298 g/mol. The Balaban J connectivity index is 1.74. The number of aryl methyl sites for hydroxylation is 2. The fourth-order valence-corrected chi connectivity index (χ4v) is 2.18. The summed E-state index contributed by atoms with van der Waals surface area (Å²) in [7, 11) is 0. The first kappa shape index (κ1) is 14.7. The molecule has 0 aliphatic carbocycles. The number of Topliss-reactive ketones (excluding diaryl/α,β-unsaturated/α-hetero) is 1. The van der Waals surface area contributed by atoms with E-state index in [0.29, 0.717) is 24.7 Å². The van der Waals surface area contributed by atoms with Crippen LogP contribution in [0.5, 0.6) is 5.75 Å². The number of carbonyl (C=O) groups is 1. The highest BCUT2D eigenvalue weighted by Crippen LogP contribution is 2.19. The van der Waals surface area contributed by atoms with Gasteiger partial charge in [0.25, 0.3) is 0 Å². The van der Waals surface area contributed by atoms with E-state index in [9.17, 15) is 4.79 Å². The SMILES string of the molecule is Cc1ccc(CC(=O)c2cc(OC3COC3)cc(C)n2)nc1. The van der Waals surface area contributed by atoms with Gasteiger partial charge in [-0.3, -0.25) is 9.78 Å². The Kier molecular flexibility index (Phi) is 4.15. The highest BCUT2D eigenvalue weighted by molar-refractivity contribution is 5.95. The number of rotatable bonds is 5. The number of ketones is 1. The lowest BCUT2D eigenvalue weighted by molar-refractivity contribution is -0.0797. The molecule has 1 aliphatic rings. The van der Waals surface area contributed by atoms with Crippen LogP contribution in [0.4, 0.5) is 0 Å². The quantitative estimate of drug-likeness (QED) is 0.793. The fourth-order valence-electron chi connectivity index (χ4n) is 2.18. The van der Waals surface area contributed by atoms with Gasteiger partial charge < -0.3 is 9.47 Å². The average molecular weight is 298 g/mol. The van der Waals surface area contributed by atoms with E-state index < -0.39 is 0 Å². The zero-order valence-electron chi connectivity index (χ0n) is 12.7. The fraction of sp³-hybridized carbons (Fsp3) is 0.353. The van der Waals surface area contributed by atoms with Gasteiger partial charge >= 0.3 is 0 Å². The zero-order valence-corrected chi connectivity index (χ0v) is 12.7. The van der Waals surface area contributed by atoms with E-state index in [0.717, 1.165) is 17.0 Å². The van der Waals surface area contributed by atoms with Crippen molar-refractivity contribution in [2.75, 3.05) is 13.2 Å². The third-order valence-corrected chi connectivity index (χ3v) is 3.44. The lowest BCUT2D eigenvalue weighted by atomic mass is 10.1. The predicted molar refractivity (Wildman–Crippen MR) is 81.2 cm³/mol. The van der Waals surface area contributed by atoms with Gasteiger partial charge in [0.15, 0.2) is 5.78 Å². The molecule has 0 radical (unpaired) electrons. The first-order valence-electron chi connectivity index (χ1n) is 7.28. The molecule has 2 aromatic rings. The molecule has 0 amide bonds. The summed E-state index contributed by atoms with van der Waals surface area (Å²) >= 11 is 0. The molecule has 0 atom stereocenters. The van der Waals surface area contributed by atoms with Crippen molar-refractivity contribution in [1.82, 2.24) is 9.97 Å². The molecular formula is C17H18N2O3. The van der Waals surface area contributed by atoms with Crippen molar-refractivity contribution in [2.24, 2.45) is 0 Å². The molecule has 1 aliphatic heterocycles. The van der Waals surface area contributed by atoms with Gasteiger partial charge in [-0.25, -0.2) is 4.98 Å².